The first kappa shape index (κ1) is 14.9. The summed E-state index contributed by atoms with van der Waals surface area (Å²) in [5.41, 5.74) is 5.66. The van der Waals surface area contributed by atoms with Gasteiger partial charge < -0.3 is 20.5 Å². The standard InChI is InChI=1S/C13H28N2O2/c1-12(2,16-4)8-11(9-14)15-10-13(3)6-5-7-17-13/h11,15H,5-10,14H2,1-4H3. The normalized spacial score (nSPS) is 27.4. The molecule has 2 unspecified atom stereocenters. The molecule has 0 radical (unpaired) electrons. The van der Waals surface area contributed by atoms with Crippen molar-refractivity contribution in [2.45, 2.75) is 57.3 Å². The van der Waals surface area contributed by atoms with Crippen LogP contribution in [0.25, 0.3) is 0 Å². The van der Waals surface area contributed by atoms with Gasteiger partial charge in [-0.15, -0.1) is 0 Å². The third-order valence-electron chi connectivity index (χ3n) is 3.64. The highest BCUT2D eigenvalue weighted by molar-refractivity contribution is 4.86. The minimum absolute atomic E-state index is 0.00929. The molecule has 4 nitrogen and oxygen atoms in total. The molecule has 102 valence electrons. The van der Waals surface area contributed by atoms with Crippen molar-refractivity contribution in [3.05, 3.63) is 0 Å². The quantitative estimate of drug-likeness (QED) is 0.708. The van der Waals surface area contributed by atoms with Gasteiger partial charge in [-0.1, -0.05) is 0 Å². The Morgan fingerprint density at radius 3 is 2.71 bits per heavy atom. The van der Waals surface area contributed by atoms with Gasteiger partial charge in [0, 0.05) is 32.8 Å². The van der Waals surface area contributed by atoms with Crippen molar-refractivity contribution in [3.8, 4) is 0 Å². The first-order valence-electron chi connectivity index (χ1n) is 6.53. The molecule has 17 heavy (non-hydrogen) atoms. The van der Waals surface area contributed by atoms with E-state index in [4.69, 9.17) is 15.2 Å². The van der Waals surface area contributed by atoms with Crippen LogP contribution in [0.5, 0.6) is 0 Å². The van der Waals surface area contributed by atoms with Crippen LogP contribution >= 0.6 is 0 Å². The summed E-state index contributed by atoms with van der Waals surface area (Å²) in [7, 11) is 1.75. The first-order chi connectivity index (χ1) is 7.91. The average Bonchev–Trinajstić information content (AvgIpc) is 2.72. The Hall–Kier alpha value is -0.160. The summed E-state index contributed by atoms with van der Waals surface area (Å²) in [6, 6.07) is 0.283. The Labute approximate surface area is 105 Å². The average molecular weight is 244 g/mol. The van der Waals surface area contributed by atoms with Crippen molar-refractivity contribution in [1.82, 2.24) is 5.32 Å². The SMILES string of the molecule is COC(C)(C)CC(CN)NCC1(C)CCCO1. The van der Waals surface area contributed by atoms with Crippen LogP contribution in [0.15, 0.2) is 0 Å². The summed E-state index contributed by atoms with van der Waals surface area (Å²) in [6.45, 7) is 8.73. The molecule has 0 saturated carbocycles. The molecule has 1 aliphatic heterocycles. The Morgan fingerprint density at radius 2 is 2.24 bits per heavy atom. The van der Waals surface area contributed by atoms with Gasteiger partial charge in [-0.05, 0) is 40.0 Å². The molecule has 1 saturated heterocycles. The van der Waals surface area contributed by atoms with Crippen molar-refractivity contribution >= 4 is 0 Å². The second-order valence-electron chi connectivity index (χ2n) is 5.88. The maximum absolute atomic E-state index is 5.80. The molecule has 0 aliphatic carbocycles. The lowest BCUT2D eigenvalue weighted by atomic mass is 9.97. The monoisotopic (exact) mass is 244 g/mol. The van der Waals surface area contributed by atoms with E-state index in [0.29, 0.717) is 6.54 Å². The fourth-order valence-electron chi connectivity index (χ4n) is 2.25. The highest BCUT2D eigenvalue weighted by atomic mass is 16.5. The van der Waals surface area contributed by atoms with Crippen molar-refractivity contribution in [2.24, 2.45) is 5.73 Å². The van der Waals surface area contributed by atoms with Crippen molar-refractivity contribution in [1.29, 1.82) is 0 Å². The van der Waals surface area contributed by atoms with Crippen LogP contribution in [0.4, 0.5) is 0 Å². The van der Waals surface area contributed by atoms with Crippen LogP contribution in [-0.2, 0) is 9.47 Å². The predicted octanol–water partition coefficient (Wildman–Crippen LogP) is 1.29. The molecule has 0 spiro atoms. The minimum Gasteiger partial charge on any atom is -0.379 e. The molecule has 0 amide bonds. The molecule has 4 heteroatoms. The molecular formula is C13H28N2O2. The Balaban J connectivity index is 2.36. The highest BCUT2D eigenvalue weighted by Gasteiger charge is 2.31. The number of rotatable bonds is 7. The number of hydrogen-bond donors (Lipinski definition) is 2. The molecule has 3 N–H and O–H groups in total. The molecule has 0 bridgehead atoms. The van der Waals surface area contributed by atoms with Gasteiger partial charge in [0.1, 0.15) is 0 Å². The van der Waals surface area contributed by atoms with E-state index < -0.39 is 0 Å². The third kappa shape index (κ3) is 4.92. The van der Waals surface area contributed by atoms with E-state index in [2.05, 4.69) is 26.1 Å². The summed E-state index contributed by atoms with van der Waals surface area (Å²) < 4.78 is 11.2. The summed E-state index contributed by atoms with van der Waals surface area (Å²) in [5.74, 6) is 0. The van der Waals surface area contributed by atoms with Gasteiger partial charge in [-0.2, -0.15) is 0 Å². The molecule has 0 aromatic heterocycles. The zero-order valence-corrected chi connectivity index (χ0v) is 11.7. The van der Waals surface area contributed by atoms with E-state index in [-0.39, 0.29) is 17.2 Å². The molecule has 1 rings (SSSR count). The lowest BCUT2D eigenvalue weighted by Crippen LogP contribution is -2.48. The van der Waals surface area contributed by atoms with Crippen LogP contribution in [0, 0.1) is 0 Å². The largest absolute Gasteiger partial charge is 0.379 e. The smallest absolute Gasteiger partial charge is 0.0779 e. The Morgan fingerprint density at radius 1 is 1.53 bits per heavy atom. The van der Waals surface area contributed by atoms with Crippen molar-refractivity contribution in [2.75, 3.05) is 26.8 Å². The maximum Gasteiger partial charge on any atom is 0.0779 e. The third-order valence-corrected chi connectivity index (χ3v) is 3.64. The van der Waals surface area contributed by atoms with Crippen LogP contribution in [-0.4, -0.2) is 44.1 Å². The van der Waals surface area contributed by atoms with Crippen LogP contribution in [0.3, 0.4) is 0 Å². The van der Waals surface area contributed by atoms with Gasteiger partial charge in [0.05, 0.1) is 11.2 Å². The Bertz CT molecular complexity index is 225. The summed E-state index contributed by atoms with van der Waals surface area (Å²) in [6.07, 6.45) is 3.20. The number of hydrogen-bond acceptors (Lipinski definition) is 4. The van der Waals surface area contributed by atoms with E-state index in [1.165, 1.54) is 0 Å². The van der Waals surface area contributed by atoms with E-state index in [1.807, 2.05) is 0 Å². The highest BCUT2D eigenvalue weighted by Crippen LogP contribution is 2.24. The van der Waals surface area contributed by atoms with Crippen molar-refractivity contribution < 1.29 is 9.47 Å². The van der Waals surface area contributed by atoms with E-state index in [9.17, 15) is 0 Å². The number of nitrogens with two attached hydrogens (primary N) is 1. The molecule has 1 aliphatic rings. The van der Waals surface area contributed by atoms with Crippen LogP contribution in [0.2, 0.25) is 0 Å². The van der Waals surface area contributed by atoms with Crippen LogP contribution < -0.4 is 11.1 Å². The molecule has 1 fully saturated rings. The first-order valence-corrected chi connectivity index (χ1v) is 6.53. The van der Waals surface area contributed by atoms with E-state index >= 15 is 0 Å². The predicted molar refractivity (Wildman–Crippen MR) is 70.1 cm³/mol. The van der Waals surface area contributed by atoms with Gasteiger partial charge in [0.25, 0.3) is 0 Å². The van der Waals surface area contributed by atoms with Gasteiger partial charge in [0.2, 0.25) is 0 Å². The van der Waals surface area contributed by atoms with E-state index in [1.54, 1.807) is 7.11 Å². The molecule has 2 atom stereocenters. The van der Waals surface area contributed by atoms with Crippen molar-refractivity contribution in [3.63, 3.8) is 0 Å². The van der Waals surface area contributed by atoms with Gasteiger partial charge in [0.15, 0.2) is 0 Å². The molecule has 0 aromatic carbocycles. The summed E-state index contributed by atoms with van der Waals surface area (Å²) in [5, 5.41) is 3.51. The van der Waals surface area contributed by atoms with Crippen LogP contribution in [0.1, 0.15) is 40.0 Å². The lowest BCUT2D eigenvalue weighted by Gasteiger charge is -2.31. The second-order valence-corrected chi connectivity index (χ2v) is 5.88. The van der Waals surface area contributed by atoms with Gasteiger partial charge >= 0.3 is 0 Å². The fraction of sp³-hybridized carbons (Fsp3) is 1.00. The summed E-state index contributed by atoms with van der Waals surface area (Å²) in [4.78, 5) is 0. The van der Waals surface area contributed by atoms with E-state index in [0.717, 1.165) is 32.4 Å². The van der Waals surface area contributed by atoms with Gasteiger partial charge in [-0.3, -0.25) is 0 Å². The maximum atomic E-state index is 5.80. The minimum atomic E-state index is -0.130. The number of ether oxygens (including phenoxy) is 2. The second kappa shape index (κ2) is 6.14. The zero-order chi connectivity index (χ0) is 12.9. The molecule has 0 aromatic rings. The zero-order valence-electron chi connectivity index (χ0n) is 11.7. The van der Waals surface area contributed by atoms with Gasteiger partial charge in [-0.25, -0.2) is 0 Å². The Kier molecular flexibility index (Phi) is 5.38. The fourth-order valence-corrected chi connectivity index (χ4v) is 2.25. The number of methoxy groups -OCH3 is 1. The summed E-state index contributed by atoms with van der Waals surface area (Å²) >= 11 is 0. The lowest BCUT2D eigenvalue weighted by molar-refractivity contribution is -0.00222. The number of nitrogens with one attached hydrogen (secondary N) is 1. The topological polar surface area (TPSA) is 56.5 Å². The molecule has 1 heterocycles. The molecular weight excluding hydrogens is 216 g/mol.